The number of piperidine rings is 1. The smallest absolute Gasteiger partial charge is 0.418 e. The number of hydrogen-bond acceptors (Lipinski definition) is 8. The highest BCUT2D eigenvalue weighted by atomic mass is 32.3. The van der Waals surface area contributed by atoms with Crippen LogP contribution in [-0.4, -0.2) is 57.8 Å². The number of amides is 2. The van der Waals surface area contributed by atoms with E-state index in [1.807, 2.05) is 0 Å². The van der Waals surface area contributed by atoms with Crippen LogP contribution in [0.15, 0.2) is 4.42 Å². The quantitative estimate of drug-likeness (QED) is 0.712. The third-order valence-corrected chi connectivity index (χ3v) is 5.71. The molecule has 2 saturated heterocycles. The summed E-state index contributed by atoms with van der Waals surface area (Å²) in [6, 6.07) is -1.29. The van der Waals surface area contributed by atoms with E-state index >= 15 is 0 Å². The highest BCUT2D eigenvalue weighted by Gasteiger charge is 2.49. The molecule has 144 valence electrons. The first-order chi connectivity index (χ1) is 12.3. The van der Waals surface area contributed by atoms with Gasteiger partial charge in [0.05, 0.1) is 6.04 Å². The Morgan fingerprint density at radius 3 is 2.50 bits per heavy atom. The van der Waals surface area contributed by atoms with Crippen molar-refractivity contribution in [3.05, 3.63) is 11.8 Å². The summed E-state index contributed by atoms with van der Waals surface area (Å²) in [5.74, 6) is 1.09. The Morgan fingerprint density at radius 1 is 1.12 bits per heavy atom. The molecule has 12 heteroatoms. The minimum absolute atomic E-state index is 0.182. The first-order valence-corrected chi connectivity index (χ1v) is 10.0. The van der Waals surface area contributed by atoms with Crippen LogP contribution < -0.4 is 5.73 Å². The van der Waals surface area contributed by atoms with Gasteiger partial charge in [-0.3, -0.25) is 4.55 Å². The fourth-order valence-electron chi connectivity index (χ4n) is 4.00. The molecule has 2 amide bonds. The predicted molar refractivity (Wildman–Crippen MR) is 85.8 cm³/mol. The van der Waals surface area contributed by atoms with E-state index in [1.54, 1.807) is 0 Å². The van der Waals surface area contributed by atoms with E-state index in [0.29, 0.717) is 29.7 Å². The number of hydroxylamine groups is 2. The number of carbonyl (C=O) groups is 1. The molecule has 0 aromatic carbocycles. The molecule has 1 saturated carbocycles. The average molecular weight is 387 g/mol. The molecule has 2 bridgehead atoms. The summed E-state index contributed by atoms with van der Waals surface area (Å²) in [4.78, 5) is 13.9. The number of fused-ring (bicyclic) bond motifs is 2. The van der Waals surface area contributed by atoms with E-state index in [2.05, 4.69) is 14.5 Å². The number of carbonyl (C=O) groups excluding carboxylic acids is 1. The van der Waals surface area contributed by atoms with Gasteiger partial charge >= 0.3 is 16.4 Å². The summed E-state index contributed by atoms with van der Waals surface area (Å²) >= 11 is 0. The fourth-order valence-corrected chi connectivity index (χ4v) is 4.39. The largest absolute Gasteiger partial charge is 0.423 e. The van der Waals surface area contributed by atoms with E-state index in [-0.39, 0.29) is 18.5 Å². The molecule has 3 fully saturated rings. The summed E-state index contributed by atoms with van der Waals surface area (Å²) in [7, 11) is -4.76. The van der Waals surface area contributed by atoms with Crippen LogP contribution in [0.5, 0.6) is 0 Å². The van der Waals surface area contributed by atoms with Crippen molar-refractivity contribution >= 4 is 16.4 Å². The second-order valence-corrected chi connectivity index (χ2v) is 8.10. The zero-order chi connectivity index (χ0) is 18.5. The van der Waals surface area contributed by atoms with Crippen LogP contribution in [0, 0.1) is 0 Å². The van der Waals surface area contributed by atoms with Crippen molar-refractivity contribution in [3.8, 4) is 0 Å². The van der Waals surface area contributed by atoms with Crippen molar-refractivity contribution in [2.75, 3.05) is 6.54 Å². The molecule has 2 unspecified atom stereocenters. The molecule has 3 N–H and O–H groups in total. The van der Waals surface area contributed by atoms with Gasteiger partial charge in [0.15, 0.2) is 0 Å². The van der Waals surface area contributed by atoms with Crippen LogP contribution >= 0.6 is 0 Å². The molecule has 1 aliphatic carbocycles. The molecule has 0 radical (unpaired) electrons. The van der Waals surface area contributed by atoms with Crippen LogP contribution in [0.3, 0.4) is 0 Å². The van der Waals surface area contributed by atoms with Gasteiger partial charge in [-0.2, -0.15) is 13.5 Å². The third-order valence-electron chi connectivity index (χ3n) is 5.36. The molecule has 11 nitrogen and oxygen atoms in total. The summed E-state index contributed by atoms with van der Waals surface area (Å²) in [6.45, 7) is 0.273. The second kappa shape index (κ2) is 6.44. The predicted octanol–water partition coefficient (Wildman–Crippen LogP) is 0.730. The van der Waals surface area contributed by atoms with Gasteiger partial charge in [0.2, 0.25) is 11.8 Å². The standard InChI is InChI=1S/C14H21N5O6S/c15-9-3-1-8(2-4-9)12-16-17-13(24-12)11-6-5-10-7-18(11)14(20)19(10)25-26(21,22)23/h8-11H,1-7,15H2,(H,21,22,23). The van der Waals surface area contributed by atoms with Crippen molar-refractivity contribution in [1.29, 1.82) is 0 Å². The summed E-state index contributed by atoms with van der Waals surface area (Å²) < 4.78 is 41.0. The third kappa shape index (κ3) is 3.29. The van der Waals surface area contributed by atoms with Gasteiger partial charge in [-0.15, -0.1) is 14.5 Å². The molecule has 4 rings (SSSR count). The molecular weight excluding hydrogens is 366 g/mol. The number of aromatic nitrogens is 2. The number of hydrogen-bond donors (Lipinski definition) is 2. The summed E-state index contributed by atoms with van der Waals surface area (Å²) in [5.41, 5.74) is 5.92. The van der Waals surface area contributed by atoms with Crippen molar-refractivity contribution < 1.29 is 26.5 Å². The monoisotopic (exact) mass is 387 g/mol. The van der Waals surface area contributed by atoms with E-state index in [9.17, 15) is 13.2 Å². The molecule has 1 aromatic rings. The van der Waals surface area contributed by atoms with E-state index in [0.717, 1.165) is 25.7 Å². The topological polar surface area (TPSA) is 152 Å². The van der Waals surface area contributed by atoms with Crippen molar-refractivity contribution in [3.63, 3.8) is 0 Å². The van der Waals surface area contributed by atoms with Crippen LogP contribution in [0.1, 0.15) is 62.3 Å². The zero-order valence-electron chi connectivity index (χ0n) is 14.0. The molecule has 1 aromatic heterocycles. The van der Waals surface area contributed by atoms with Gasteiger partial charge in [0, 0.05) is 18.5 Å². The van der Waals surface area contributed by atoms with Crippen LogP contribution in [0.25, 0.3) is 0 Å². The molecule has 0 spiro atoms. The maximum absolute atomic E-state index is 12.4. The van der Waals surface area contributed by atoms with Gasteiger partial charge in [0.1, 0.15) is 6.04 Å². The van der Waals surface area contributed by atoms with Gasteiger partial charge in [0.25, 0.3) is 0 Å². The van der Waals surface area contributed by atoms with Crippen molar-refractivity contribution in [2.45, 2.75) is 62.6 Å². The lowest BCUT2D eigenvalue weighted by Gasteiger charge is -2.27. The van der Waals surface area contributed by atoms with E-state index < -0.39 is 28.5 Å². The van der Waals surface area contributed by atoms with E-state index in [4.69, 9.17) is 14.7 Å². The molecule has 2 aliphatic heterocycles. The highest BCUT2D eigenvalue weighted by Crippen LogP contribution is 2.39. The Morgan fingerprint density at radius 2 is 1.81 bits per heavy atom. The van der Waals surface area contributed by atoms with E-state index in [1.165, 1.54) is 4.90 Å². The molecule has 2 atom stereocenters. The number of rotatable bonds is 4. The van der Waals surface area contributed by atoms with Gasteiger partial charge in [-0.1, -0.05) is 0 Å². The highest BCUT2D eigenvalue weighted by molar-refractivity contribution is 7.80. The van der Waals surface area contributed by atoms with Crippen molar-refractivity contribution in [2.24, 2.45) is 5.73 Å². The maximum atomic E-state index is 12.4. The summed E-state index contributed by atoms with van der Waals surface area (Å²) in [6.07, 6.45) is 4.67. The Bertz CT molecular complexity index is 790. The van der Waals surface area contributed by atoms with Crippen LogP contribution in [0.2, 0.25) is 0 Å². The molecule has 26 heavy (non-hydrogen) atoms. The van der Waals surface area contributed by atoms with Gasteiger partial charge < -0.3 is 15.1 Å². The zero-order valence-corrected chi connectivity index (χ0v) is 14.8. The first-order valence-electron chi connectivity index (χ1n) is 8.67. The Hall–Kier alpha value is -1.76. The first kappa shape index (κ1) is 17.6. The van der Waals surface area contributed by atoms with Crippen LogP contribution in [-0.2, 0) is 14.7 Å². The molecule has 3 heterocycles. The Balaban J connectivity index is 1.49. The fraction of sp³-hybridized carbons (Fsp3) is 0.786. The normalized spacial score (nSPS) is 32.3. The Kier molecular flexibility index (Phi) is 4.37. The van der Waals surface area contributed by atoms with Gasteiger partial charge in [-0.25, -0.2) is 4.79 Å². The Labute approximate surface area is 150 Å². The number of nitrogens with zero attached hydrogens (tertiary/aromatic N) is 4. The molecule has 3 aliphatic rings. The molecular formula is C14H21N5O6S. The van der Waals surface area contributed by atoms with Gasteiger partial charge in [-0.05, 0) is 38.5 Å². The SMILES string of the molecule is NC1CCC(c2nnc(C3CCC4CN3C(=O)N4OS(=O)(=O)O)o2)CC1. The lowest BCUT2D eigenvalue weighted by molar-refractivity contribution is -0.0317. The average Bonchev–Trinajstić information content (AvgIpc) is 3.15. The lowest BCUT2D eigenvalue weighted by atomic mass is 9.86. The maximum Gasteiger partial charge on any atom is 0.418 e. The number of nitrogens with two attached hydrogens (primary N) is 1. The minimum Gasteiger partial charge on any atom is -0.423 e. The lowest BCUT2D eigenvalue weighted by Crippen LogP contribution is -2.35. The minimum atomic E-state index is -4.76. The van der Waals surface area contributed by atoms with Crippen molar-refractivity contribution in [1.82, 2.24) is 20.2 Å². The number of urea groups is 1. The van der Waals surface area contributed by atoms with Crippen LogP contribution in [0.4, 0.5) is 4.79 Å². The summed E-state index contributed by atoms with van der Waals surface area (Å²) in [5, 5.41) is 8.97. The second-order valence-electron chi connectivity index (χ2n) is 7.10.